The second-order valence-electron chi connectivity index (χ2n) is 5.30. The molecular weight excluding hydrogens is 256 g/mol. The van der Waals surface area contributed by atoms with Gasteiger partial charge in [0, 0.05) is 46.2 Å². The average molecular weight is 276 g/mol. The molecule has 0 spiro atoms. The van der Waals surface area contributed by atoms with Gasteiger partial charge < -0.3 is 14.7 Å². The molecule has 20 heavy (non-hydrogen) atoms. The highest BCUT2D eigenvalue weighted by molar-refractivity contribution is 5.73. The maximum atomic E-state index is 11.3. The van der Waals surface area contributed by atoms with Crippen molar-refractivity contribution in [2.75, 3.05) is 49.1 Å². The first-order valence-corrected chi connectivity index (χ1v) is 7.19. The number of anilines is 2. The zero-order valence-electron chi connectivity index (χ0n) is 11.8. The SMILES string of the molecule is CC(=O)N1CCN(c2nncc(N3CCCC3)n2)CC1. The molecule has 2 saturated heterocycles. The molecule has 1 aromatic heterocycles. The summed E-state index contributed by atoms with van der Waals surface area (Å²) in [5.41, 5.74) is 0. The van der Waals surface area contributed by atoms with Gasteiger partial charge in [0.25, 0.3) is 0 Å². The molecule has 0 saturated carbocycles. The predicted octanol–water partition coefficient (Wildman–Crippen LogP) is 0.140. The molecule has 0 atom stereocenters. The van der Waals surface area contributed by atoms with Crippen molar-refractivity contribution in [1.29, 1.82) is 0 Å². The van der Waals surface area contributed by atoms with Crippen LogP contribution >= 0.6 is 0 Å². The van der Waals surface area contributed by atoms with E-state index in [2.05, 4.69) is 25.0 Å². The molecule has 2 fully saturated rings. The zero-order valence-corrected chi connectivity index (χ0v) is 11.8. The van der Waals surface area contributed by atoms with Crippen molar-refractivity contribution in [3.8, 4) is 0 Å². The van der Waals surface area contributed by atoms with E-state index in [0.29, 0.717) is 5.95 Å². The van der Waals surface area contributed by atoms with E-state index in [-0.39, 0.29) is 5.91 Å². The number of piperazine rings is 1. The van der Waals surface area contributed by atoms with Crippen LogP contribution in [0.4, 0.5) is 11.8 Å². The Morgan fingerprint density at radius 2 is 1.75 bits per heavy atom. The van der Waals surface area contributed by atoms with Gasteiger partial charge in [0.2, 0.25) is 11.9 Å². The summed E-state index contributed by atoms with van der Waals surface area (Å²) in [6.45, 7) is 6.71. The smallest absolute Gasteiger partial charge is 0.247 e. The second kappa shape index (κ2) is 5.60. The standard InChI is InChI=1S/C13H20N6O/c1-11(20)17-6-8-19(9-7-17)13-15-12(10-14-16-13)18-4-2-3-5-18/h10H,2-9H2,1H3. The minimum Gasteiger partial charge on any atom is -0.355 e. The largest absolute Gasteiger partial charge is 0.355 e. The highest BCUT2D eigenvalue weighted by Gasteiger charge is 2.22. The number of rotatable bonds is 2. The van der Waals surface area contributed by atoms with Crippen molar-refractivity contribution in [3.05, 3.63) is 6.20 Å². The average Bonchev–Trinajstić information content (AvgIpc) is 3.02. The van der Waals surface area contributed by atoms with Gasteiger partial charge in [-0.1, -0.05) is 0 Å². The fraction of sp³-hybridized carbons (Fsp3) is 0.692. The van der Waals surface area contributed by atoms with Crippen molar-refractivity contribution in [1.82, 2.24) is 20.1 Å². The highest BCUT2D eigenvalue weighted by Crippen LogP contribution is 2.19. The van der Waals surface area contributed by atoms with Gasteiger partial charge >= 0.3 is 0 Å². The summed E-state index contributed by atoms with van der Waals surface area (Å²) in [7, 11) is 0. The van der Waals surface area contributed by atoms with E-state index in [1.165, 1.54) is 12.8 Å². The van der Waals surface area contributed by atoms with Crippen molar-refractivity contribution in [2.24, 2.45) is 0 Å². The Kier molecular flexibility index (Phi) is 3.66. The Morgan fingerprint density at radius 3 is 2.40 bits per heavy atom. The Morgan fingerprint density at radius 1 is 1.05 bits per heavy atom. The minimum atomic E-state index is 0.134. The minimum absolute atomic E-state index is 0.134. The van der Waals surface area contributed by atoms with Gasteiger partial charge in [-0.15, -0.1) is 5.10 Å². The van der Waals surface area contributed by atoms with Crippen molar-refractivity contribution in [2.45, 2.75) is 19.8 Å². The number of hydrogen-bond acceptors (Lipinski definition) is 6. The Hall–Kier alpha value is -1.92. The summed E-state index contributed by atoms with van der Waals surface area (Å²) in [5.74, 6) is 1.73. The van der Waals surface area contributed by atoms with Crippen molar-refractivity contribution in [3.63, 3.8) is 0 Å². The van der Waals surface area contributed by atoms with Gasteiger partial charge in [-0.05, 0) is 12.8 Å². The quantitative estimate of drug-likeness (QED) is 0.765. The first-order chi connectivity index (χ1) is 9.74. The van der Waals surface area contributed by atoms with E-state index in [1.807, 2.05) is 4.90 Å². The lowest BCUT2D eigenvalue weighted by Gasteiger charge is -2.34. The highest BCUT2D eigenvalue weighted by atomic mass is 16.2. The fourth-order valence-electron chi connectivity index (χ4n) is 2.74. The first-order valence-electron chi connectivity index (χ1n) is 7.19. The number of hydrogen-bond donors (Lipinski definition) is 0. The molecule has 0 radical (unpaired) electrons. The van der Waals surface area contributed by atoms with Crippen molar-refractivity contribution >= 4 is 17.7 Å². The van der Waals surface area contributed by atoms with Crippen LogP contribution in [0.25, 0.3) is 0 Å². The van der Waals surface area contributed by atoms with Crippen LogP contribution in [0.5, 0.6) is 0 Å². The van der Waals surface area contributed by atoms with Gasteiger partial charge in [-0.25, -0.2) is 0 Å². The van der Waals surface area contributed by atoms with E-state index in [4.69, 9.17) is 0 Å². The van der Waals surface area contributed by atoms with Crippen LogP contribution in [0.1, 0.15) is 19.8 Å². The number of carbonyl (C=O) groups excluding carboxylic acids is 1. The molecule has 108 valence electrons. The third kappa shape index (κ3) is 2.66. The van der Waals surface area contributed by atoms with Crippen LogP contribution in [-0.2, 0) is 4.79 Å². The molecule has 0 unspecified atom stereocenters. The zero-order chi connectivity index (χ0) is 13.9. The molecular formula is C13H20N6O. The lowest BCUT2D eigenvalue weighted by molar-refractivity contribution is -0.129. The fourth-order valence-corrected chi connectivity index (χ4v) is 2.74. The number of aromatic nitrogens is 3. The normalized spacial score (nSPS) is 19.6. The maximum absolute atomic E-state index is 11.3. The van der Waals surface area contributed by atoms with Gasteiger partial charge in [0.15, 0.2) is 5.82 Å². The summed E-state index contributed by atoms with van der Waals surface area (Å²) < 4.78 is 0. The van der Waals surface area contributed by atoms with Crippen LogP contribution in [0, 0.1) is 0 Å². The van der Waals surface area contributed by atoms with E-state index in [1.54, 1.807) is 13.1 Å². The molecule has 3 heterocycles. The van der Waals surface area contributed by atoms with E-state index >= 15 is 0 Å². The molecule has 2 aliphatic rings. The summed E-state index contributed by atoms with van der Waals surface area (Å²) in [6, 6.07) is 0. The molecule has 7 heteroatoms. The van der Waals surface area contributed by atoms with E-state index in [0.717, 1.165) is 45.1 Å². The Balaban J connectivity index is 1.68. The number of nitrogens with zero attached hydrogens (tertiary/aromatic N) is 6. The van der Waals surface area contributed by atoms with Crippen LogP contribution in [-0.4, -0.2) is 65.3 Å². The number of carbonyl (C=O) groups is 1. The molecule has 7 nitrogen and oxygen atoms in total. The van der Waals surface area contributed by atoms with Crippen molar-refractivity contribution < 1.29 is 4.79 Å². The van der Waals surface area contributed by atoms with E-state index < -0.39 is 0 Å². The molecule has 3 rings (SSSR count). The second-order valence-corrected chi connectivity index (χ2v) is 5.30. The molecule has 0 bridgehead atoms. The molecule has 0 N–H and O–H groups in total. The monoisotopic (exact) mass is 276 g/mol. The van der Waals surface area contributed by atoms with Crippen LogP contribution in [0.2, 0.25) is 0 Å². The van der Waals surface area contributed by atoms with Crippen LogP contribution in [0.15, 0.2) is 6.20 Å². The van der Waals surface area contributed by atoms with Crippen LogP contribution < -0.4 is 9.80 Å². The van der Waals surface area contributed by atoms with Gasteiger partial charge in [-0.3, -0.25) is 4.79 Å². The molecule has 2 aliphatic heterocycles. The predicted molar refractivity (Wildman–Crippen MR) is 75.7 cm³/mol. The van der Waals surface area contributed by atoms with E-state index in [9.17, 15) is 4.79 Å². The summed E-state index contributed by atoms with van der Waals surface area (Å²) in [6.07, 6.45) is 4.17. The molecule has 1 amide bonds. The lowest BCUT2D eigenvalue weighted by atomic mass is 10.3. The third-order valence-electron chi connectivity index (χ3n) is 3.97. The third-order valence-corrected chi connectivity index (χ3v) is 3.97. The molecule has 0 aromatic carbocycles. The number of amides is 1. The summed E-state index contributed by atoms with van der Waals surface area (Å²) in [4.78, 5) is 22.2. The van der Waals surface area contributed by atoms with Gasteiger partial charge in [-0.2, -0.15) is 10.1 Å². The topological polar surface area (TPSA) is 65.5 Å². The maximum Gasteiger partial charge on any atom is 0.247 e. The summed E-state index contributed by atoms with van der Waals surface area (Å²) >= 11 is 0. The summed E-state index contributed by atoms with van der Waals surface area (Å²) in [5, 5.41) is 8.22. The first kappa shape index (κ1) is 13.1. The molecule has 0 aliphatic carbocycles. The van der Waals surface area contributed by atoms with Gasteiger partial charge in [0.05, 0.1) is 6.20 Å². The Bertz CT molecular complexity index is 480. The van der Waals surface area contributed by atoms with Gasteiger partial charge in [0.1, 0.15) is 0 Å². The van der Waals surface area contributed by atoms with Crippen LogP contribution in [0.3, 0.4) is 0 Å². The lowest BCUT2D eigenvalue weighted by Crippen LogP contribution is -2.48. The Labute approximate surface area is 118 Å². The molecule has 1 aromatic rings.